The molecule has 17 heavy (non-hydrogen) atoms. The van der Waals surface area contributed by atoms with Crippen LogP contribution in [0.25, 0.3) is 0 Å². The van der Waals surface area contributed by atoms with Crippen LogP contribution in [0.3, 0.4) is 0 Å². The number of aromatic nitrogens is 3. The van der Waals surface area contributed by atoms with E-state index >= 15 is 0 Å². The minimum Gasteiger partial charge on any atom is -0.390 e. The summed E-state index contributed by atoms with van der Waals surface area (Å²) in [5.41, 5.74) is 2.78. The van der Waals surface area contributed by atoms with Gasteiger partial charge in [0.2, 0.25) is 0 Å². The number of hydrogen-bond acceptors (Lipinski definition) is 4. The molecule has 0 aliphatic carbocycles. The van der Waals surface area contributed by atoms with Crippen LogP contribution >= 0.6 is 0 Å². The Bertz CT molecular complexity index is 420. The van der Waals surface area contributed by atoms with Crippen LogP contribution in [-0.4, -0.2) is 38.5 Å². The van der Waals surface area contributed by atoms with Crippen LogP contribution in [-0.2, 0) is 6.54 Å². The Labute approximate surface area is 92.0 Å². The van der Waals surface area contributed by atoms with Gasteiger partial charge in [-0.1, -0.05) is 5.21 Å². The minimum absolute atomic E-state index is 0.154. The van der Waals surface area contributed by atoms with E-state index in [1.807, 2.05) is 0 Å². The van der Waals surface area contributed by atoms with Crippen LogP contribution in [0.1, 0.15) is 22.6 Å². The zero-order valence-electron chi connectivity index (χ0n) is 8.28. The molecule has 10 heteroatoms. The second kappa shape index (κ2) is 4.65. The average molecular weight is 256 g/mol. The highest BCUT2D eigenvalue weighted by atomic mass is 19.3. The van der Waals surface area contributed by atoms with Gasteiger partial charge in [0.15, 0.2) is 5.69 Å². The number of rotatable bonds is 5. The fourth-order valence-corrected chi connectivity index (χ4v) is 1.10. The number of nitrogens with two attached hydrogens (primary N) is 1. The molecule has 0 unspecified atom stereocenters. The predicted octanol–water partition coefficient (Wildman–Crippen LogP) is -0.0578. The molecule has 96 valence electrons. The summed E-state index contributed by atoms with van der Waals surface area (Å²) in [7, 11) is 0. The van der Waals surface area contributed by atoms with Gasteiger partial charge in [-0.2, -0.15) is 0 Å². The van der Waals surface area contributed by atoms with Gasteiger partial charge in [0.05, 0.1) is 0 Å². The number of halogens is 4. The number of carbonyl (C=O) groups excluding carboxylic acids is 1. The molecule has 6 nitrogen and oxygen atoms in total. The van der Waals surface area contributed by atoms with Crippen LogP contribution in [0.4, 0.5) is 17.6 Å². The molecule has 3 N–H and O–H groups in total. The molecule has 0 fully saturated rings. The zero-order valence-corrected chi connectivity index (χ0v) is 8.28. The van der Waals surface area contributed by atoms with Gasteiger partial charge in [-0.05, 0) is 0 Å². The third-order valence-electron chi connectivity index (χ3n) is 1.83. The third-order valence-corrected chi connectivity index (χ3v) is 1.83. The van der Waals surface area contributed by atoms with E-state index in [4.69, 9.17) is 10.8 Å². The summed E-state index contributed by atoms with van der Waals surface area (Å²) in [4.78, 5) is 10.7. The number of amides is 1. The second-order valence-electron chi connectivity index (χ2n) is 3.16. The van der Waals surface area contributed by atoms with Crippen molar-refractivity contribution >= 4 is 5.91 Å². The first-order valence-corrected chi connectivity index (χ1v) is 4.28. The number of nitrogens with zero attached hydrogens (tertiary/aromatic N) is 3. The molecule has 1 aromatic heterocycles. The van der Waals surface area contributed by atoms with E-state index in [1.165, 1.54) is 0 Å². The molecule has 0 spiro atoms. The number of primary amides is 1. The van der Waals surface area contributed by atoms with E-state index in [2.05, 4.69) is 10.3 Å². The summed E-state index contributed by atoms with van der Waals surface area (Å²) in [6.07, 6.45) is -3.23. The molecule has 0 bridgehead atoms. The van der Waals surface area contributed by atoms with Gasteiger partial charge in [-0.15, -0.1) is 5.10 Å². The number of alkyl halides is 4. The zero-order chi connectivity index (χ0) is 13.2. The number of aliphatic hydroxyl groups is 1. The van der Waals surface area contributed by atoms with Gasteiger partial charge in [0, 0.05) is 0 Å². The fraction of sp³-hybridized carbons (Fsp3) is 0.571. The lowest BCUT2D eigenvalue weighted by molar-refractivity contribution is -0.0673. The summed E-state index contributed by atoms with van der Waals surface area (Å²) in [6, 6.07) is 0. The van der Waals surface area contributed by atoms with E-state index in [1.54, 1.807) is 0 Å². The number of hydrogen-bond donors (Lipinski definition) is 2. The van der Waals surface area contributed by atoms with Crippen molar-refractivity contribution in [3.63, 3.8) is 0 Å². The SMILES string of the molecule is NC(=O)c1nnn(CC(F)(F)CO)c1C(F)F. The third kappa shape index (κ3) is 2.90. The molecule has 0 aromatic carbocycles. The van der Waals surface area contributed by atoms with Crippen molar-refractivity contribution in [2.24, 2.45) is 5.73 Å². The Morgan fingerprint density at radius 3 is 2.53 bits per heavy atom. The molecule has 0 radical (unpaired) electrons. The van der Waals surface area contributed by atoms with Gasteiger partial charge >= 0.3 is 0 Å². The van der Waals surface area contributed by atoms with Gasteiger partial charge in [0.1, 0.15) is 18.8 Å². The average Bonchev–Trinajstić information content (AvgIpc) is 2.60. The molecule has 0 saturated carbocycles. The van der Waals surface area contributed by atoms with Crippen molar-refractivity contribution < 1.29 is 27.5 Å². The Kier molecular flexibility index (Phi) is 3.66. The summed E-state index contributed by atoms with van der Waals surface area (Å²) < 4.78 is 50.8. The summed E-state index contributed by atoms with van der Waals surface area (Å²) in [6.45, 7) is -2.86. The van der Waals surface area contributed by atoms with Crippen LogP contribution in [0.5, 0.6) is 0 Å². The standard InChI is InChI=1S/C7H8F4N4O2/c8-5(9)4-3(6(12)17)13-14-15(4)1-7(10,11)2-16/h5,16H,1-2H2,(H2,12,17). The molecule has 0 aliphatic heterocycles. The molecular formula is C7H8F4N4O2. The van der Waals surface area contributed by atoms with Crippen LogP contribution < -0.4 is 5.73 Å². The summed E-state index contributed by atoms with van der Waals surface area (Å²) in [5, 5.41) is 14.3. The Morgan fingerprint density at radius 2 is 2.12 bits per heavy atom. The minimum atomic E-state index is -3.65. The predicted molar refractivity (Wildman–Crippen MR) is 45.5 cm³/mol. The largest absolute Gasteiger partial charge is 0.390 e. The van der Waals surface area contributed by atoms with Crippen molar-refractivity contribution in [2.75, 3.05) is 6.61 Å². The lowest BCUT2D eigenvalue weighted by Crippen LogP contribution is -2.30. The van der Waals surface area contributed by atoms with Gasteiger partial charge in [-0.3, -0.25) is 4.79 Å². The summed E-state index contributed by atoms with van der Waals surface area (Å²) in [5.74, 6) is -4.94. The molecule has 1 aromatic rings. The Balaban J connectivity index is 3.13. The van der Waals surface area contributed by atoms with Crippen molar-refractivity contribution in [3.8, 4) is 0 Å². The monoisotopic (exact) mass is 256 g/mol. The van der Waals surface area contributed by atoms with E-state index < -0.39 is 42.8 Å². The first-order valence-electron chi connectivity index (χ1n) is 4.28. The van der Waals surface area contributed by atoms with Crippen molar-refractivity contribution in [1.82, 2.24) is 15.0 Å². The van der Waals surface area contributed by atoms with E-state index in [0.29, 0.717) is 0 Å². The normalized spacial score (nSPS) is 12.1. The lowest BCUT2D eigenvalue weighted by Gasteiger charge is -2.14. The molecule has 1 rings (SSSR count). The van der Waals surface area contributed by atoms with Crippen molar-refractivity contribution in [2.45, 2.75) is 18.9 Å². The quantitative estimate of drug-likeness (QED) is 0.722. The van der Waals surface area contributed by atoms with Gasteiger partial charge < -0.3 is 10.8 Å². The second-order valence-corrected chi connectivity index (χ2v) is 3.16. The van der Waals surface area contributed by atoms with Crippen LogP contribution in [0.15, 0.2) is 0 Å². The van der Waals surface area contributed by atoms with Crippen molar-refractivity contribution in [3.05, 3.63) is 11.4 Å². The maximum atomic E-state index is 12.8. The summed E-state index contributed by atoms with van der Waals surface area (Å²) >= 11 is 0. The van der Waals surface area contributed by atoms with Crippen LogP contribution in [0.2, 0.25) is 0 Å². The van der Waals surface area contributed by atoms with E-state index in [0.717, 1.165) is 0 Å². The van der Waals surface area contributed by atoms with Crippen LogP contribution in [0, 0.1) is 0 Å². The fourth-order valence-electron chi connectivity index (χ4n) is 1.10. The van der Waals surface area contributed by atoms with Crippen molar-refractivity contribution in [1.29, 1.82) is 0 Å². The molecule has 1 amide bonds. The first kappa shape index (κ1) is 13.4. The van der Waals surface area contributed by atoms with E-state index in [9.17, 15) is 22.4 Å². The molecule has 0 saturated heterocycles. The topological polar surface area (TPSA) is 94.0 Å². The Morgan fingerprint density at radius 1 is 1.53 bits per heavy atom. The molecule has 0 atom stereocenters. The first-order chi connectivity index (χ1) is 7.78. The molecule has 0 aliphatic rings. The van der Waals surface area contributed by atoms with E-state index in [-0.39, 0.29) is 4.68 Å². The highest BCUT2D eigenvalue weighted by Gasteiger charge is 2.33. The van der Waals surface area contributed by atoms with Gasteiger partial charge in [0.25, 0.3) is 18.3 Å². The molecule has 1 heterocycles. The van der Waals surface area contributed by atoms with Gasteiger partial charge in [-0.25, -0.2) is 22.2 Å². The number of carbonyl (C=O) groups is 1. The highest BCUT2D eigenvalue weighted by molar-refractivity contribution is 5.91. The number of aliphatic hydroxyl groups excluding tert-OH is 1. The Hall–Kier alpha value is -1.71. The lowest BCUT2D eigenvalue weighted by atomic mass is 10.3. The maximum Gasteiger partial charge on any atom is 0.289 e. The maximum absolute atomic E-state index is 12.8. The molecular weight excluding hydrogens is 248 g/mol. The smallest absolute Gasteiger partial charge is 0.289 e. The highest BCUT2D eigenvalue weighted by Crippen LogP contribution is 2.24.